The van der Waals surface area contributed by atoms with Crippen LogP contribution in [0.25, 0.3) is 54.1 Å². The van der Waals surface area contributed by atoms with Crippen LogP contribution in [-0.4, -0.2) is 4.98 Å². The van der Waals surface area contributed by atoms with Crippen LogP contribution < -0.4 is 0 Å². The van der Waals surface area contributed by atoms with Gasteiger partial charge in [-0.15, -0.1) is 11.3 Å². The van der Waals surface area contributed by atoms with Gasteiger partial charge in [0.2, 0.25) is 0 Å². The quantitative estimate of drug-likeness (QED) is 0.258. The van der Waals surface area contributed by atoms with Gasteiger partial charge in [-0.2, -0.15) is 0 Å². The van der Waals surface area contributed by atoms with Gasteiger partial charge in [-0.05, 0) is 76.9 Å². The van der Waals surface area contributed by atoms with Crippen molar-refractivity contribution in [3.63, 3.8) is 0 Å². The lowest BCUT2D eigenvalue weighted by Gasteiger charge is -2.22. The molecule has 6 rings (SSSR count). The molecule has 0 amide bonds. The van der Waals surface area contributed by atoms with E-state index in [0.717, 1.165) is 27.8 Å². The molecule has 0 aliphatic carbocycles. The first-order chi connectivity index (χ1) is 15.3. The van der Waals surface area contributed by atoms with Gasteiger partial charge in [0.15, 0.2) is 5.58 Å². The van der Waals surface area contributed by atoms with Gasteiger partial charge in [0, 0.05) is 32.1 Å². The first-order valence-corrected chi connectivity index (χ1v) is 11.9. The van der Waals surface area contributed by atoms with Crippen molar-refractivity contribution in [1.29, 1.82) is 0 Å². The van der Waals surface area contributed by atoms with Gasteiger partial charge in [-0.25, -0.2) is 0 Å². The molecule has 2 nitrogen and oxygen atoms in total. The molecule has 0 saturated heterocycles. The predicted molar refractivity (Wildman–Crippen MR) is 138 cm³/mol. The maximum absolute atomic E-state index is 6.48. The Morgan fingerprint density at radius 3 is 2.50 bits per heavy atom. The second-order valence-electron chi connectivity index (χ2n) is 9.73. The SMILES string of the molecule is Cc1sc2c(ccc3oc4c(-c5cc(C(C)(C)C)c6ccccc6c5)nccc4c32)c1C. The number of hydrogen-bond acceptors (Lipinski definition) is 3. The third-order valence-corrected chi connectivity index (χ3v) is 7.88. The minimum Gasteiger partial charge on any atom is -0.454 e. The van der Waals surface area contributed by atoms with Crippen molar-refractivity contribution >= 4 is 54.1 Å². The summed E-state index contributed by atoms with van der Waals surface area (Å²) in [6, 6.07) is 19.6. The standard InChI is InChI=1S/C29H25NOS/c1-16-17(2)32-28-20(16)10-11-24-25(28)22-12-13-30-26(27(22)31-24)19-14-18-8-6-7-9-21(18)23(15-19)29(3,4)5/h6-15H,1-5H3. The molecule has 3 heterocycles. The highest BCUT2D eigenvalue weighted by Crippen LogP contribution is 2.43. The molecule has 0 saturated carbocycles. The second kappa shape index (κ2) is 6.66. The van der Waals surface area contributed by atoms with E-state index in [4.69, 9.17) is 9.40 Å². The van der Waals surface area contributed by atoms with Crippen LogP contribution in [0.4, 0.5) is 0 Å². The zero-order valence-corrected chi connectivity index (χ0v) is 19.9. The fourth-order valence-electron chi connectivity index (χ4n) is 4.86. The Kier molecular flexibility index (Phi) is 4.06. The summed E-state index contributed by atoms with van der Waals surface area (Å²) in [4.78, 5) is 6.18. The summed E-state index contributed by atoms with van der Waals surface area (Å²) in [5, 5.41) is 6.20. The van der Waals surface area contributed by atoms with Gasteiger partial charge in [0.05, 0.1) is 0 Å². The summed E-state index contributed by atoms with van der Waals surface area (Å²) in [6.45, 7) is 11.2. The molecule has 0 aliphatic heterocycles. The Morgan fingerprint density at radius 1 is 0.875 bits per heavy atom. The number of rotatable bonds is 1. The highest BCUT2D eigenvalue weighted by atomic mass is 32.1. The summed E-state index contributed by atoms with van der Waals surface area (Å²) in [5.41, 5.74) is 6.53. The number of hydrogen-bond donors (Lipinski definition) is 0. The third-order valence-electron chi connectivity index (χ3n) is 6.64. The van der Waals surface area contributed by atoms with Crippen molar-refractivity contribution in [2.45, 2.75) is 40.0 Å². The Hall–Kier alpha value is -3.17. The molecular weight excluding hydrogens is 410 g/mol. The topological polar surface area (TPSA) is 26.0 Å². The number of thiophene rings is 1. The Morgan fingerprint density at radius 2 is 1.69 bits per heavy atom. The molecule has 0 bridgehead atoms. The molecule has 0 aliphatic rings. The lowest BCUT2D eigenvalue weighted by atomic mass is 9.82. The summed E-state index contributed by atoms with van der Waals surface area (Å²) in [5.74, 6) is 0. The Balaban J connectivity index is 1.71. The van der Waals surface area contributed by atoms with Crippen LogP contribution >= 0.6 is 11.3 Å². The van der Waals surface area contributed by atoms with Crippen LogP contribution in [0.15, 0.2) is 65.2 Å². The summed E-state index contributed by atoms with van der Waals surface area (Å²) < 4.78 is 7.78. The van der Waals surface area contributed by atoms with E-state index in [9.17, 15) is 0 Å². The van der Waals surface area contributed by atoms with E-state index in [1.54, 1.807) is 0 Å². The summed E-state index contributed by atoms with van der Waals surface area (Å²) in [7, 11) is 0. The smallest absolute Gasteiger partial charge is 0.161 e. The maximum atomic E-state index is 6.48. The van der Waals surface area contributed by atoms with Crippen molar-refractivity contribution < 1.29 is 4.42 Å². The van der Waals surface area contributed by atoms with E-state index in [-0.39, 0.29) is 5.41 Å². The van der Waals surface area contributed by atoms with Crippen molar-refractivity contribution in [2.75, 3.05) is 0 Å². The molecule has 0 unspecified atom stereocenters. The lowest BCUT2D eigenvalue weighted by Crippen LogP contribution is -2.12. The minimum absolute atomic E-state index is 0.0234. The molecule has 0 N–H and O–H groups in total. The van der Waals surface area contributed by atoms with Crippen LogP contribution in [0.1, 0.15) is 36.8 Å². The van der Waals surface area contributed by atoms with Gasteiger partial charge in [-0.1, -0.05) is 45.0 Å². The normalized spacial score (nSPS) is 12.5. The van der Waals surface area contributed by atoms with Crippen LogP contribution in [-0.2, 0) is 5.41 Å². The second-order valence-corrected chi connectivity index (χ2v) is 11.0. The van der Waals surface area contributed by atoms with Gasteiger partial charge < -0.3 is 4.42 Å². The Bertz CT molecular complexity index is 1680. The Labute approximate surface area is 191 Å². The highest BCUT2D eigenvalue weighted by molar-refractivity contribution is 7.20. The zero-order chi connectivity index (χ0) is 22.2. The van der Waals surface area contributed by atoms with Crippen molar-refractivity contribution in [3.8, 4) is 11.3 Å². The summed E-state index contributed by atoms with van der Waals surface area (Å²) in [6.07, 6.45) is 1.92. The number of fused-ring (bicyclic) bond motifs is 6. The number of benzene rings is 3. The number of aromatic nitrogens is 1. The van der Waals surface area contributed by atoms with E-state index in [1.165, 1.54) is 42.2 Å². The fourth-order valence-corrected chi connectivity index (χ4v) is 6.07. The van der Waals surface area contributed by atoms with Gasteiger partial charge in [-0.3, -0.25) is 4.98 Å². The van der Waals surface area contributed by atoms with Crippen molar-refractivity contribution in [3.05, 3.63) is 76.8 Å². The lowest BCUT2D eigenvalue weighted by molar-refractivity contribution is 0.596. The average Bonchev–Trinajstić information content (AvgIpc) is 3.29. The molecule has 6 aromatic rings. The van der Waals surface area contributed by atoms with Gasteiger partial charge >= 0.3 is 0 Å². The predicted octanol–water partition coefficient (Wildman–Crippen LogP) is 8.93. The maximum Gasteiger partial charge on any atom is 0.161 e. The number of nitrogens with zero attached hydrogens (tertiary/aromatic N) is 1. The largest absolute Gasteiger partial charge is 0.454 e. The van der Waals surface area contributed by atoms with Crippen LogP contribution in [0, 0.1) is 13.8 Å². The van der Waals surface area contributed by atoms with E-state index < -0.39 is 0 Å². The number of furan rings is 1. The first-order valence-electron chi connectivity index (χ1n) is 11.1. The molecule has 0 spiro atoms. The fraction of sp³-hybridized carbons (Fsp3) is 0.207. The molecule has 3 aromatic carbocycles. The van der Waals surface area contributed by atoms with Crippen LogP contribution in [0.5, 0.6) is 0 Å². The van der Waals surface area contributed by atoms with Gasteiger partial charge in [0.1, 0.15) is 11.3 Å². The van der Waals surface area contributed by atoms with Crippen molar-refractivity contribution in [1.82, 2.24) is 4.98 Å². The first kappa shape index (κ1) is 19.5. The minimum atomic E-state index is 0.0234. The van der Waals surface area contributed by atoms with Crippen molar-refractivity contribution in [2.24, 2.45) is 0 Å². The van der Waals surface area contributed by atoms with Crippen LogP contribution in [0.2, 0.25) is 0 Å². The van der Waals surface area contributed by atoms with Crippen LogP contribution in [0.3, 0.4) is 0 Å². The molecule has 0 fully saturated rings. The highest BCUT2D eigenvalue weighted by Gasteiger charge is 2.21. The average molecular weight is 436 g/mol. The van der Waals surface area contributed by atoms with E-state index in [2.05, 4.69) is 89.2 Å². The van der Waals surface area contributed by atoms with E-state index in [1.807, 2.05) is 17.5 Å². The number of pyridine rings is 1. The third kappa shape index (κ3) is 2.74. The summed E-state index contributed by atoms with van der Waals surface area (Å²) >= 11 is 1.86. The number of aryl methyl sites for hydroxylation is 2. The molecule has 32 heavy (non-hydrogen) atoms. The molecule has 0 atom stereocenters. The van der Waals surface area contributed by atoms with E-state index in [0.29, 0.717) is 0 Å². The van der Waals surface area contributed by atoms with E-state index >= 15 is 0 Å². The van der Waals surface area contributed by atoms with Gasteiger partial charge in [0.25, 0.3) is 0 Å². The molecular formula is C29H25NOS. The zero-order valence-electron chi connectivity index (χ0n) is 19.0. The monoisotopic (exact) mass is 435 g/mol. The molecule has 0 radical (unpaired) electrons. The molecule has 3 heteroatoms. The molecule has 158 valence electrons. The molecule has 3 aromatic heterocycles.